The Morgan fingerprint density at radius 2 is 2.00 bits per heavy atom. The van der Waals surface area contributed by atoms with Crippen molar-refractivity contribution in [3.8, 4) is 11.5 Å². The Hall–Kier alpha value is -2.28. The fourth-order valence-electron chi connectivity index (χ4n) is 1.86. The van der Waals surface area contributed by atoms with Gasteiger partial charge in [0.05, 0.1) is 32.7 Å². The first-order valence-electron chi connectivity index (χ1n) is 6.38. The summed E-state index contributed by atoms with van der Waals surface area (Å²) in [7, 11) is 3.06. The normalized spacial score (nSPS) is 13.1. The highest BCUT2D eigenvalue weighted by atomic mass is 16.5. The third-order valence-electron chi connectivity index (χ3n) is 2.99. The number of methoxy groups -OCH3 is 2. The maximum absolute atomic E-state index is 11.8. The predicted molar refractivity (Wildman–Crippen MR) is 76.3 cm³/mol. The molecule has 0 saturated carbocycles. The molecule has 1 amide bonds. The van der Waals surface area contributed by atoms with Crippen LogP contribution in [0.4, 0.5) is 0 Å². The van der Waals surface area contributed by atoms with Crippen LogP contribution in [0.25, 0.3) is 0 Å². The zero-order chi connectivity index (χ0) is 16.0. The summed E-state index contributed by atoms with van der Waals surface area (Å²) in [6.45, 7) is 1.75. The first-order valence-corrected chi connectivity index (χ1v) is 6.38. The van der Waals surface area contributed by atoms with E-state index in [1.54, 1.807) is 25.1 Å². The van der Waals surface area contributed by atoms with Crippen LogP contribution in [0.15, 0.2) is 18.2 Å². The number of carboxylic acids is 1. The molecule has 1 rings (SSSR count). The molecule has 7 nitrogen and oxygen atoms in total. The standard InChI is InChI=1S/C14H20N2O5/c1-8(16-14(19)11(15)7-13(17)18)10-6-9(20-2)4-5-12(10)21-3/h4-6,8,11H,7,15H2,1-3H3,(H,16,19)(H,17,18). The second-order valence-electron chi connectivity index (χ2n) is 4.54. The van der Waals surface area contributed by atoms with Crippen LogP contribution in [0.2, 0.25) is 0 Å². The highest BCUT2D eigenvalue weighted by Gasteiger charge is 2.21. The van der Waals surface area contributed by atoms with Crippen LogP contribution in [0.1, 0.15) is 24.9 Å². The number of ether oxygens (including phenoxy) is 2. The molecule has 116 valence electrons. The van der Waals surface area contributed by atoms with Crippen LogP contribution in [0, 0.1) is 0 Å². The minimum atomic E-state index is -1.12. The number of benzene rings is 1. The zero-order valence-corrected chi connectivity index (χ0v) is 12.3. The number of nitrogens with two attached hydrogens (primary N) is 1. The number of carbonyl (C=O) groups is 2. The van der Waals surface area contributed by atoms with Gasteiger partial charge in [-0.05, 0) is 25.1 Å². The Bertz CT molecular complexity index is 518. The van der Waals surface area contributed by atoms with Gasteiger partial charge in [-0.2, -0.15) is 0 Å². The molecule has 0 aliphatic rings. The maximum Gasteiger partial charge on any atom is 0.305 e. The Balaban J connectivity index is 2.85. The fraction of sp³-hybridized carbons (Fsp3) is 0.429. The van der Waals surface area contributed by atoms with E-state index in [4.69, 9.17) is 20.3 Å². The summed E-state index contributed by atoms with van der Waals surface area (Å²) in [5.74, 6) is -0.434. The van der Waals surface area contributed by atoms with Gasteiger partial charge in [0.2, 0.25) is 5.91 Å². The van der Waals surface area contributed by atoms with Crippen LogP contribution in [0.5, 0.6) is 11.5 Å². The van der Waals surface area contributed by atoms with E-state index in [9.17, 15) is 9.59 Å². The van der Waals surface area contributed by atoms with E-state index < -0.39 is 30.4 Å². The fourth-order valence-corrected chi connectivity index (χ4v) is 1.86. The molecule has 0 aliphatic carbocycles. The number of aliphatic carboxylic acids is 1. The number of carbonyl (C=O) groups excluding carboxylic acids is 1. The Labute approximate surface area is 123 Å². The minimum Gasteiger partial charge on any atom is -0.497 e. The van der Waals surface area contributed by atoms with Crippen LogP contribution >= 0.6 is 0 Å². The molecule has 0 radical (unpaired) electrons. The zero-order valence-electron chi connectivity index (χ0n) is 12.3. The van der Waals surface area contributed by atoms with Crippen molar-refractivity contribution in [2.24, 2.45) is 5.73 Å². The van der Waals surface area contributed by atoms with Gasteiger partial charge >= 0.3 is 5.97 Å². The Morgan fingerprint density at radius 1 is 1.33 bits per heavy atom. The molecule has 21 heavy (non-hydrogen) atoms. The van der Waals surface area contributed by atoms with Crippen LogP contribution in [-0.4, -0.2) is 37.2 Å². The topological polar surface area (TPSA) is 111 Å². The quantitative estimate of drug-likeness (QED) is 0.682. The largest absolute Gasteiger partial charge is 0.497 e. The van der Waals surface area contributed by atoms with Crippen molar-refractivity contribution < 1.29 is 24.2 Å². The van der Waals surface area contributed by atoms with E-state index in [0.29, 0.717) is 17.1 Å². The highest BCUT2D eigenvalue weighted by molar-refractivity contribution is 5.86. The smallest absolute Gasteiger partial charge is 0.305 e. The third kappa shape index (κ3) is 4.64. The summed E-state index contributed by atoms with van der Waals surface area (Å²) < 4.78 is 10.4. The van der Waals surface area contributed by atoms with E-state index in [2.05, 4.69) is 5.32 Å². The van der Waals surface area contributed by atoms with E-state index >= 15 is 0 Å². The third-order valence-corrected chi connectivity index (χ3v) is 2.99. The highest BCUT2D eigenvalue weighted by Crippen LogP contribution is 2.29. The van der Waals surface area contributed by atoms with Crippen molar-refractivity contribution in [2.45, 2.75) is 25.4 Å². The van der Waals surface area contributed by atoms with Gasteiger partial charge in [0, 0.05) is 5.56 Å². The molecule has 0 aromatic heterocycles. The van der Waals surface area contributed by atoms with Gasteiger partial charge in [0.15, 0.2) is 0 Å². The molecular formula is C14H20N2O5. The average molecular weight is 296 g/mol. The number of amides is 1. The molecule has 0 heterocycles. The summed E-state index contributed by atoms with van der Waals surface area (Å²) in [4.78, 5) is 22.4. The van der Waals surface area contributed by atoms with Gasteiger partial charge in [-0.3, -0.25) is 9.59 Å². The van der Waals surface area contributed by atoms with E-state index in [0.717, 1.165) is 0 Å². The Kier molecular flexibility index (Phi) is 5.98. The summed E-state index contributed by atoms with van der Waals surface area (Å²) >= 11 is 0. The summed E-state index contributed by atoms with van der Waals surface area (Å²) in [6.07, 6.45) is -0.423. The molecular weight excluding hydrogens is 276 g/mol. The molecule has 0 bridgehead atoms. The van der Waals surface area contributed by atoms with Crippen LogP contribution in [-0.2, 0) is 9.59 Å². The van der Waals surface area contributed by atoms with Crippen LogP contribution in [0.3, 0.4) is 0 Å². The SMILES string of the molecule is COc1ccc(OC)c(C(C)NC(=O)C(N)CC(=O)O)c1. The lowest BCUT2D eigenvalue weighted by Gasteiger charge is -2.20. The van der Waals surface area contributed by atoms with Gasteiger partial charge in [0.25, 0.3) is 0 Å². The molecule has 1 aromatic rings. The van der Waals surface area contributed by atoms with E-state index in [1.807, 2.05) is 0 Å². The number of carboxylic acid groups (broad SMARTS) is 1. The van der Waals surface area contributed by atoms with Crippen molar-refractivity contribution >= 4 is 11.9 Å². The molecule has 7 heteroatoms. The predicted octanol–water partition coefficient (Wildman–Crippen LogP) is 0.683. The van der Waals surface area contributed by atoms with Crippen LogP contribution < -0.4 is 20.5 Å². The number of hydrogen-bond acceptors (Lipinski definition) is 5. The summed E-state index contributed by atoms with van der Waals surface area (Å²) in [6, 6.07) is 3.72. The summed E-state index contributed by atoms with van der Waals surface area (Å²) in [5, 5.41) is 11.3. The number of hydrogen-bond donors (Lipinski definition) is 3. The lowest BCUT2D eigenvalue weighted by atomic mass is 10.1. The van der Waals surface area contributed by atoms with Crippen molar-refractivity contribution in [2.75, 3.05) is 14.2 Å². The van der Waals surface area contributed by atoms with Gasteiger partial charge in [-0.25, -0.2) is 0 Å². The van der Waals surface area contributed by atoms with Crippen molar-refractivity contribution in [1.29, 1.82) is 0 Å². The number of nitrogens with one attached hydrogen (secondary N) is 1. The maximum atomic E-state index is 11.8. The van der Waals surface area contributed by atoms with E-state index in [-0.39, 0.29) is 0 Å². The second kappa shape index (κ2) is 7.49. The molecule has 2 atom stereocenters. The minimum absolute atomic E-state index is 0.401. The second-order valence-corrected chi connectivity index (χ2v) is 4.54. The van der Waals surface area contributed by atoms with Crippen molar-refractivity contribution in [3.05, 3.63) is 23.8 Å². The molecule has 0 spiro atoms. The van der Waals surface area contributed by atoms with Crippen molar-refractivity contribution in [3.63, 3.8) is 0 Å². The molecule has 1 aromatic carbocycles. The molecule has 0 aliphatic heterocycles. The lowest BCUT2D eigenvalue weighted by Crippen LogP contribution is -2.42. The summed E-state index contributed by atoms with van der Waals surface area (Å²) in [5.41, 5.74) is 6.24. The average Bonchev–Trinajstić information content (AvgIpc) is 2.45. The van der Waals surface area contributed by atoms with Gasteiger partial charge in [-0.15, -0.1) is 0 Å². The van der Waals surface area contributed by atoms with Crippen molar-refractivity contribution in [1.82, 2.24) is 5.32 Å². The monoisotopic (exact) mass is 296 g/mol. The molecule has 0 saturated heterocycles. The van der Waals surface area contributed by atoms with Gasteiger partial charge in [0.1, 0.15) is 11.5 Å². The Morgan fingerprint density at radius 3 is 2.52 bits per heavy atom. The first kappa shape index (κ1) is 16.8. The molecule has 4 N–H and O–H groups in total. The van der Waals surface area contributed by atoms with E-state index in [1.165, 1.54) is 14.2 Å². The lowest BCUT2D eigenvalue weighted by molar-refractivity contribution is -0.139. The molecule has 0 fully saturated rings. The number of rotatable bonds is 7. The molecule has 2 unspecified atom stereocenters. The first-order chi connectivity index (χ1) is 9.88. The van der Waals surface area contributed by atoms with Gasteiger partial charge < -0.3 is 25.6 Å². The van der Waals surface area contributed by atoms with Gasteiger partial charge in [-0.1, -0.05) is 0 Å².